The Labute approximate surface area is 74.2 Å². The van der Waals surface area contributed by atoms with Crippen molar-refractivity contribution in [3.05, 3.63) is 12.7 Å². The van der Waals surface area contributed by atoms with Crippen LogP contribution in [0.2, 0.25) is 0 Å². The number of amides is 1. The van der Waals surface area contributed by atoms with E-state index in [1.807, 2.05) is 6.92 Å². The lowest BCUT2D eigenvalue weighted by atomic mass is 10.3. The van der Waals surface area contributed by atoms with Gasteiger partial charge in [-0.3, -0.25) is 4.79 Å². The Morgan fingerprint density at radius 1 is 1.58 bits per heavy atom. The van der Waals surface area contributed by atoms with E-state index in [1.165, 1.54) is 6.08 Å². The standard InChI is InChI=1S/C9H18N2O/c1-3-9(12)11(4-2)8-6-5-7-10/h3H,1,4-8,10H2,2H3. The maximum Gasteiger partial charge on any atom is 0.245 e. The fraction of sp³-hybridized carbons (Fsp3) is 0.667. The molecule has 0 atom stereocenters. The van der Waals surface area contributed by atoms with Gasteiger partial charge in [-0.1, -0.05) is 6.58 Å². The molecule has 0 fully saturated rings. The summed E-state index contributed by atoms with van der Waals surface area (Å²) < 4.78 is 0. The third kappa shape index (κ3) is 4.13. The molecule has 3 heteroatoms. The van der Waals surface area contributed by atoms with Crippen LogP contribution < -0.4 is 5.73 Å². The normalized spacial score (nSPS) is 9.50. The van der Waals surface area contributed by atoms with Gasteiger partial charge >= 0.3 is 0 Å². The fourth-order valence-electron chi connectivity index (χ4n) is 1.00. The fourth-order valence-corrected chi connectivity index (χ4v) is 1.00. The third-order valence-corrected chi connectivity index (χ3v) is 1.75. The van der Waals surface area contributed by atoms with E-state index in [0.29, 0.717) is 6.54 Å². The van der Waals surface area contributed by atoms with Gasteiger partial charge in [0.1, 0.15) is 0 Å². The molecule has 0 aromatic carbocycles. The van der Waals surface area contributed by atoms with E-state index in [2.05, 4.69) is 6.58 Å². The summed E-state index contributed by atoms with van der Waals surface area (Å²) >= 11 is 0. The first-order chi connectivity index (χ1) is 5.76. The Balaban J connectivity index is 3.67. The zero-order valence-corrected chi connectivity index (χ0v) is 7.75. The highest BCUT2D eigenvalue weighted by Gasteiger charge is 2.05. The van der Waals surface area contributed by atoms with Crippen molar-refractivity contribution in [1.29, 1.82) is 0 Å². The number of rotatable bonds is 6. The van der Waals surface area contributed by atoms with E-state index in [-0.39, 0.29) is 5.91 Å². The SMILES string of the molecule is C=CC(=O)N(CC)CCCCN. The molecule has 1 amide bonds. The molecule has 70 valence electrons. The van der Waals surface area contributed by atoms with E-state index in [4.69, 9.17) is 5.73 Å². The van der Waals surface area contributed by atoms with Gasteiger partial charge in [0.25, 0.3) is 0 Å². The Bertz CT molecular complexity index is 145. The van der Waals surface area contributed by atoms with Crippen LogP contribution in [0.15, 0.2) is 12.7 Å². The maximum absolute atomic E-state index is 11.1. The molecule has 0 aliphatic rings. The predicted octanol–water partition coefficient (Wildman–Crippen LogP) is 0.760. The smallest absolute Gasteiger partial charge is 0.245 e. The van der Waals surface area contributed by atoms with Gasteiger partial charge in [0.2, 0.25) is 5.91 Å². The predicted molar refractivity (Wildman–Crippen MR) is 50.7 cm³/mol. The average Bonchev–Trinajstić information content (AvgIpc) is 2.11. The van der Waals surface area contributed by atoms with Crippen LogP contribution in [0.3, 0.4) is 0 Å². The molecule has 0 saturated heterocycles. The Morgan fingerprint density at radius 2 is 2.25 bits per heavy atom. The zero-order valence-electron chi connectivity index (χ0n) is 7.75. The Kier molecular flexibility index (Phi) is 6.38. The van der Waals surface area contributed by atoms with Gasteiger partial charge < -0.3 is 10.6 Å². The summed E-state index contributed by atoms with van der Waals surface area (Å²) in [6.45, 7) is 7.63. The number of carbonyl (C=O) groups is 1. The summed E-state index contributed by atoms with van der Waals surface area (Å²) in [5, 5.41) is 0. The van der Waals surface area contributed by atoms with Crippen LogP contribution in [0, 0.1) is 0 Å². The van der Waals surface area contributed by atoms with Crippen molar-refractivity contribution < 1.29 is 4.79 Å². The van der Waals surface area contributed by atoms with Crippen LogP contribution in [-0.2, 0) is 4.79 Å². The highest BCUT2D eigenvalue weighted by molar-refractivity contribution is 5.86. The van der Waals surface area contributed by atoms with Crippen LogP contribution in [0.1, 0.15) is 19.8 Å². The van der Waals surface area contributed by atoms with Crippen molar-refractivity contribution in [2.24, 2.45) is 5.73 Å². The van der Waals surface area contributed by atoms with Crippen molar-refractivity contribution in [3.8, 4) is 0 Å². The lowest BCUT2D eigenvalue weighted by Gasteiger charge is -2.18. The van der Waals surface area contributed by atoms with Gasteiger partial charge in [-0.05, 0) is 32.4 Å². The summed E-state index contributed by atoms with van der Waals surface area (Å²) in [6.07, 6.45) is 3.30. The molecule has 0 aliphatic carbocycles. The topological polar surface area (TPSA) is 46.3 Å². The van der Waals surface area contributed by atoms with Crippen LogP contribution in [0.25, 0.3) is 0 Å². The second-order valence-electron chi connectivity index (χ2n) is 2.62. The maximum atomic E-state index is 11.1. The molecule has 0 bridgehead atoms. The van der Waals surface area contributed by atoms with E-state index < -0.39 is 0 Å². The molecule has 0 spiro atoms. The summed E-state index contributed by atoms with van der Waals surface area (Å²) in [6, 6.07) is 0. The van der Waals surface area contributed by atoms with E-state index in [1.54, 1.807) is 4.90 Å². The van der Waals surface area contributed by atoms with Gasteiger partial charge in [0, 0.05) is 13.1 Å². The highest BCUT2D eigenvalue weighted by Crippen LogP contribution is 1.95. The number of hydrogen-bond donors (Lipinski definition) is 1. The quantitative estimate of drug-likeness (QED) is 0.472. The van der Waals surface area contributed by atoms with Gasteiger partial charge in [-0.15, -0.1) is 0 Å². The van der Waals surface area contributed by atoms with Crippen molar-refractivity contribution in [2.75, 3.05) is 19.6 Å². The molecule has 2 N–H and O–H groups in total. The first-order valence-corrected chi connectivity index (χ1v) is 4.37. The van der Waals surface area contributed by atoms with Gasteiger partial charge in [0.15, 0.2) is 0 Å². The molecule has 0 unspecified atom stereocenters. The van der Waals surface area contributed by atoms with Crippen molar-refractivity contribution in [2.45, 2.75) is 19.8 Å². The first kappa shape index (κ1) is 11.2. The molecule has 0 aliphatic heterocycles. The van der Waals surface area contributed by atoms with Crippen LogP contribution in [0.5, 0.6) is 0 Å². The molecule has 0 rings (SSSR count). The number of unbranched alkanes of at least 4 members (excludes halogenated alkanes) is 1. The molecular formula is C9H18N2O. The molecule has 12 heavy (non-hydrogen) atoms. The summed E-state index contributed by atoms with van der Waals surface area (Å²) in [7, 11) is 0. The summed E-state index contributed by atoms with van der Waals surface area (Å²) in [5.74, 6) is 0.00882. The van der Waals surface area contributed by atoms with Crippen LogP contribution >= 0.6 is 0 Å². The number of nitrogens with two attached hydrogens (primary N) is 1. The van der Waals surface area contributed by atoms with E-state index in [9.17, 15) is 4.79 Å². The lowest BCUT2D eigenvalue weighted by molar-refractivity contribution is -0.125. The summed E-state index contributed by atoms with van der Waals surface area (Å²) in [4.78, 5) is 12.9. The highest BCUT2D eigenvalue weighted by atomic mass is 16.2. The van der Waals surface area contributed by atoms with Gasteiger partial charge in [0.05, 0.1) is 0 Å². The molecule has 3 nitrogen and oxygen atoms in total. The lowest BCUT2D eigenvalue weighted by Crippen LogP contribution is -2.30. The number of likely N-dealkylation sites (N-methyl/N-ethyl adjacent to an activating group) is 1. The number of hydrogen-bond acceptors (Lipinski definition) is 2. The van der Waals surface area contributed by atoms with Crippen molar-refractivity contribution >= 4 is 5.91 Å². The number of nitrogens with zero attached hydrogens (tertiary/aromatic N) is 1. The minimum absolute atomic E-state index is 0.00882. The first-order valence-electron chi connectivity index (χ1n) is 4.37. The Morgan fingerprint density at radius 3 is 2.67 bits per heavy atom. The molecule has 0 radical (unpaired) electrons. The zero-order chi connectivity index (χ0) is 9.40. The summed E-state index contributed by atoms with van der Waals surface area (Å²) in [5.41, 5.74) is 5.34. The van der Waals surface area contributed by atoms with Gasteiger partial charge in [-0.25, -0.2) is 0 Å². The molecule has 0 aromatic heterocycles. The average molecular weight is 170 g/mol. The van der Waals surface area contributed by atoms with Crippen LogP contribution in [-0.4, -0.2) is 30.4 Å². The minimum atomic E-state index is 0.00882. The molecule has 0 aromatic rings. The minimum Gasteiger partial charge on any atom is -0.339 e. The largest absolute Gasteiger partial charge is 0.339 e. The number of carbonyl (C=O) groups excluding carboxylic acids is 1. The Hall–Kier alpha value is -0.830. The monoisotopic (exact) mass is 170 g/mol. The molecular weight excluding hydrogens is 152 g/mol. The van der Waals surface area contributed by atoms with Crippen molar-refractivity contribution in [1.82, 2.24) is 4.90 Å². The second-order valence-corrected chi connectivity index (χ2v) is 2.62. The molecule has 0 heterocycles. The van der Waals surface area contributed by atoms with Crippen molar-refractivity contribution in [3.63, 3.8) is 0 Å². The van der Waals surface area contributed by atoms with E-state index in [0.717, 1.165) is 25.9 Å². The van der Waals surface area contributed by atoms with E-state index >= 15 is 0 Å². The third-order valence-electron chi connectivity index (χ3n) is 1.75. The van der Waals surface area contributed by atoms with Gasteiger partial charge in [-0.2, -0.15) is 0 Å². The molecule has 0 saturated carbocycles. The van der Waals surface area contributed by atoms with Crippen LogP contribution in [0.4, 0.5) is 0 Å². The second kappa shape index (κ2) is 6.85.